The summed E-state index contributed by atoms with van der Waals surface area (Å²) in [5.41, 5.74) is 15.6. The maximum absolute atomic E-state index is 6.70. The van der Waals surface area contributed by atoms with Crippen molar-refractivity contribution in [2.75, 3.05) is 0 Å². The Hall–Kier alpha value is -6.98. The van der Waals surface area contributed by atoms with E-state index in [4.69, 9.17) is 23.2 Å². The number of hydrogen-bond donors (Lipinski definition) is 0. The van der Waals surface area contributed by atoms with E-state index in [0.29, 0.717) is 11.4 Å². The van der Waals surface area contributed by atoms with Gasteiger partial charge in [-0.3, -0.25) is 0 Å². The van der Waals surface area contributed by atoms with Crippen LogP contribution in [0.25, 0.3) is 111 Å². The Morgan fingerprint density at radius 1 is 0.407 bits per heavy atom. The Labute approximate surface area is 309 Å². The van der Waals surface area contributed by atoms with Crippen LogP contribution in [0.3, 0.4) is 0 Å². The third-order valence-electron chi connectivity index (χ3n) is 11.5. The average molecular weight is 695 g/mol. The highest BCUT2D eigenvalue weighted by Gasteiger charge is 2.35. The topological polar surface area (TPSA) is 65.2 Å². The predicted molar refractivity (Wildman–Crippen MR) is 218 cm³/mol. The third kappa shape index (κ3) is 4.09. The fourth-order valence-corrected chi connectivity index (χ4v) is 8.77. The minimum Gasteiger partial charge on any atom is -0.456 e. The largest absolute Gasteiger partial charge is 0.456 e. The zero-order valence-electron chi connectivity index (χ0n) is 29.5. The summed E-state index contributed by atoms with van der Waals surface area (Å²) in [7, 11) is 0. The Bertz CT molecular complexity index is 3380. The lowest BCUT2D eigenvalue weighted by Crippen LogP contribution is -2.14. The molecule has 0 amide bonds. The molecule has 0 fully saturated rings. The van der Waals surface area contributed by atoms with E-state index in [-0.39, 0.29) is 5.41 Å². The molecule has 0 spiro atoms. The van der Waals surface area contributed by atoms with Gasteiger partial charge < -0.3 is 13.3 Å². The molecular formula is C49H30N2O3. The molecule has 0 N–H and O–H groups in total. The van der Waals surface area contributed by atoms with Crippen LogP contribution < -0.4 is 0 Å². The second-order valence-electron chi connectivity index (χ2n) is 14.9. The number of hydrogen-bond acceptors (Lipinski definition) is 5. The molecule has 1 aliphatic rings. The minimum absolute atomic E-state index is 0.0891. The number of benzene rings is 7. The van der Waals surface area contributed by atoms with Crippen molar-refractivity contribution in [1.29, 1.82) is 0 Å². The van der Waals surface area contributed by atoms with E-state index in [0.717, 1.165) is 88.3 Å². The van der Waals surface area contributed by atoms with Crippen molar-refractivity contribution in [3.8, 4) is 44.9 Å². The molecule has 0 saturated carbocycles. The molecule has 11 aromatic rings. The van der Waals surface area contributed by atoms with E-state index in [1.54, 1.807) is 0 Å². The molecule has 5 heteroatoms. The Balaban J connectivity index is 1.09. The molecule has 54 heavy (non-hydrogen) atoms. The smallest absolute Gasteiger partial charge is 0.180 e. The summed E-state index contributed by atoms with van der Waals surface area (Å²) in [6, 6.07) is 50.8. The number of para-hydroxylation sites is 2. The van der Waals surface area contributed by atoms with Crippen LogP contribution in [0.5, 0.6) is 0 Å². The second-order valence-corrected chi connectivity index (χ2v) is 14.9. The van der Waals surface area contributed by atoms with Crippen molar-refractivity contribution in [1.82, 2.24) is 9.97 Å². The standard InChI is InChI=1S/C49H30N2O3/c1-49(2)38-12-6-3-9-31(38)32-19-15-28(26-39(32)49)27-16-20-44-37(23-27)46-47(54-44)45(29-17-21-42-35(24-29)33-10-4-7-13-40(33)52-42)50-48(51-46)30-18-22-43-36(25-30)34-11-5-8-14-41(34)53-43/h3-26H,1-2H3. The number of nitrogens with zero attached hydrogens (tertiary/aromatic N) is 2. The maximum Gasteiger partial charge on any atom is 0.180 e. The number of furan rings is 3. The third-order valence-corrected chi connectivity index (χ3v) is 11.5. The molecule has 4 heterocycles. The fourth-order valence-electron chi connectivity index (χ4n) is 8.77. The van der Waals surface area contributed by atoms with Crippen molar-refractivity contribution in [3.05, 3.63) is 157 Å². The highest BCUT2D eigenvalue weighted by Crippen LogP contribution is 2.50. The molecule has 4 aromatic heterocycles. The highest BCUT2D eigenvalue weighted by molar-refractivity contribution is 6.11. The van der Waals surface area contributed by atoms with Crippen LogP contribution in [-0.4, -0.2) is 9.97 Å². The molecule has 7 aromatic carbocycles. The van der Waals surface area contributed by atoms with Gasteiger partial charge in [0.2, 0.25) is 0 Å². The molecular weight excluding hydrogens is 665 g/mol. The van der Waals surface area contributed by atoms with Gasteiger partial charge in [0.25, 0.3) is 0 Å². The summed E-state index contributed by atoms with van der Waals surface area (Å²) in [5, 5.41) is 5.13. The zero-order valence-corrected chi connectivity index (χ0v) is 29.5. The van der Waals surface area contributed by atoms with Crippen LogP contribution in [0.4, 0.5) is 0 Å². The number of rotatable bonds is 3. The first-order valence-corrected chi connectivity index (χ1v) is 18.3. The highest BCUT2D eigenvalue weighted by atomic mass is 16.3. The lowest BCUT2D eigenvalue weighted by molar-refractivity contribution is 0.660. The van der Waals surface area contributed by atoms with Gasteiger partial charge >= 0.3 is 0 Å². The van der Waals surface area contributed by atoms with E-state index in [2.05, 4.69) is 105 Å². The van der Waals surface area contributed by atoms with Crippen molar-refractivity contribution in [2.45, 2.75) is 19.3 Å². The van der Waals surface area contributed by atoms with Gasteiger partial charge in [0.05, 0.1) is 0 Å². The van der Waals surface area contributed by atoms with Gasteiger partial charge in [-0.15, -0.1) is 0 Å². The molecule has 0 radical (unpaired) electrons. The van der Waals surface area contributed by atoms with E-state index in [9.17, 15) is 0 Å². The van der Waals surface area contributed by atoms with Crippen molar-refractivity contribution in [3.63, 3.8) is 0 Å². The summed E-state index contributed by atoms with van der Waals surface area (Å²) in [6.45, 7) is 4.64. The first-order valence-electron chi connectivity index (χ1n) is 18.3. The van der Waals surface area contributed by atoms with Crippen LogP contribution in [-0.2, 0) is 5.41 Å². The molecule has 5 nitrogen and oxygen atoms in total. The summed E-state index contributed by atoms with van der Waals surface area (Å²) in [5.74, 6) is 0.618. The van der Waals surface area contributed by atoms with E-state index < -0.39 is 0 Å². The van der Waals surface area contributed by atoms with Crippen LogP contribution >= 0.6 is 0 Å². The Morgan fingerprint density at radius 2 is 0.944 bits per heavy atom. The van der Waals surface area contributed by atoms with Crippen LogP contribution in [0.1, 0.15) is 25.0 Å². The maximum atomic E-state index is 6.70. The monoisotopic (exact) mass is 694 g/mol. The average Bonchev–Trinajstić information content (AvgIpc) is 3.95. The van der Waals surface area contributed by atoms with Gasteiger partial charge in [0.1, 0.15) is 39.1 Å². The summed E-state index contributed by atoms with van der Waals surface area (Å²) < 4.78 is 19.1. The molecule has 1 aliphatic carbocycles. The molecule has 254 valence electrons. The number of aromatic nitrogens is 2. The first-order chi connectivity index (χ1) is 26.5. The van der Waals surface area contributed by atoms with Gasteiger partial charge in [0, 0.05) is 43.5 Å². The van der Waals surface area contributed by atoms with Gasteiger partial charge in [-0.1, -0.05) is 92.7 Å². The SMILES string of the molecule is CC1(C)c2ccccc2-c2ccc(-c3ccc4oc5c(-c6ccc7oc8ccccc8c7c6)nc(-c6ccc7oc8ccccc8c7c6)nc5c4c3)cc21. The summed E-state index contributed by atoms with van der Waals surface area (Å²) in [4.78, 5) is 10.6. The van der Waals surface area contributed by atoms with Crippen LogP contribution in [0, 0.1) is 0 Å². The van der Waals surface area contributed by atoms with E-state index >= 15 is 0 Å². The van der Waals surface area contributed by atoms with Gasteiger partial charge in [-0.05, 0) is 100 Å². The molecule has 0 saturated heterocycles. The van der Waals surface area contributed by atoms with Crippen molar-refractivity contribution < 1.29 is 13.3 Å². The molecule has 12 rings (SSSR count). The molecule has 0 bridgehead atoms. The van der Waals surface area contributed by atoms with Crippen LogP contribution in [0.15, 0.2) is 159 Å². The minimum atomic E-state index is -0.0891. The van der Waals surface area contributed by atoms with Crippen molar-refractivity contribution in [2.24, 2.45) is 0 Å². The van der Waals surface area contributed by atoms with E-state index in [1.807, 2.05) is 54.6 Å². The normalized spacial score (nSPS) is 13.5. The number of fused-ring (bicyclic) bond motifs is 12. The van der Waals surface area contributed by atoms with Gasteiger partial charge in [0.15, 0.2) is 11.4 Å². The molecule has 0 unspecified atom stereocenters. The fraction of sp³-hybridized carbons (Fsp3) is 0.0612. The van der Waals surface area contributed by atoms with Crippen LogP contribution in [0.2, 0.25) is 0 Å². The molecule has 0 atom stereocenters. The second kappa shape index (κ2) is 10.6. The Morgan fingerprint density at radius 3 is 1.70 bits per heavy atom. The quantitative estimate of drug-likeness (QED) is 0.184. The first kappa shape index (κ1) is 29.6. The predicted octanol–water partition coefficient (Wildman–Crippen LogP) is 13.5. The molecule has 0 aliphatic heterocycles. The summed E-state index contributed by atoms with van der Waals surface area (Å²) in [6.07, 6.45) is 0. The zero-order chi connectivity index (χ0) is 35.7. The van der Waals surface area contributed by atoms with Crippen molar-refractivity contribution >= 4 is 65.9 Å². The van der Waals surface area contributed by atoms with Gasteiger partial charge in [-0.2, -0.15) is 0 Å². The van der Waals surface area contributed by atoms with E-state index in [1.165, 1.54) is 22.3 Å². The Kier molecular flexibility index (Phi) is 5.78. The lowest BCUT2D eigenvalue weighted by atomic mass is 9.81. The lowest BCUT2D eigenvalue weighted by Gasteiger charge is -2.22. The van der Waals surface area contributed by atoms with Gasteiger partial charge in [-0.25, -0.2) is 9.97 Å². The summed E-state index contributed by atoms with van der Waals surface area (Å²) >= 11 is 0.